The lowest BCUT2D eigenvalue weighted by molar-refractivity contribution is 0.111. The summed E-state index contributed by atoms with van der Waals surface area (Å²) >= 11 is 11.7. The number of thiophene rings is 3. The fraction of sp³-hybridized carbons (Fsp3) is 0. The minimum Gasteiger partial charge on any atom is -0.297 e. The lowest BCUT2D eigenvalue weighted by Gasteiger charge is -1.93. The quantitative estimate of drug-likeness (QED) is 0.527. The topological polar surface area (TPSA) is 34.1 Å². The number of rotatable bonds is 4. The molecule has 0 aliphatic heterocycles. The van der Waals surface area contributed by atoms with Gasteiger partial charge in [-0.3, -0.25) is 9.59 Å². The van der Waals surface area contributed by atoms with E-state index in [2.05, 4.69) is 6.07 Å². The van der Waals surface area contributed by atoms with E-state index in [1.54, 1.807) is 34.5 Å². The average Bonchev–Trinajstić information content (AvgIpc) is 3.22. The molecule has 0 atom stereocenters. The number of halogens is 1. The van der Waals surface area contributed by atoms with E-state index in [9.17, 15) is 9.59 Å². The molecule has 3 heterocycles. The van der Waals surface area contributed by atoms with Crippen LogP contribution in [0.25, 0.3) is 0 Å². The first kappa shape index (κ1) is 16.5. The molecule has 3 aromatic rings. The molecule has 7 heteroatoms. The van der Waals surface area contributed by atoms with Gasteiger partial charge in [-0.1, -0.05) is 29.4 Å². The van der Waals surface area contributed by atoms with Gasteiger partial charge in [0.05, 0.1) is 19.0 Å². The third kappa shape index (κ3) is 4.79. The lowest BCUT2D eigenvalue weighted by atomic mass is 10.5. The molecular weight excluding hydrogens is 364 g/mol. The molecule has 0 saturated heterocycles. The van der Waals surface area contributed by atoms with Crippen LogP contribution in [0.1, 0.15) is 19.3 Å². The Morgan fingerprint density at radius 3 is 2.14 bits per heavy atom. The summed E-state index contributed by atoms with van der Waals surface area (Å²) in [6.07, 6.45) is 1.67. The predicted octanol–water partition coefficient (Wildman–Crippen LogP) is 5.99. The maximum absolute atomic E-state index is 10.6. The van der Waals surface area contributed by atoms with Crippen molar-refractivity contribution in [1.29, 1.82) is 0 Å². The fourth-order valence-corrected chi connectivity index (χ4v) is 4.87. The van der Waals surface area contributed by atoms with E-state index in [1.165, 1.54) is 26.9 Å². The van der Waals surface area contributed by atoms with Crippen molar-refractivity contribution in [2.75, 3.05) is 0 Å². The summed E-state index contributed by atoms with van der Waals surface area (Å²) < 4.78 is 1.22. The van der Waals surface area contributed by atoms with Crippen molar-refractivity contribution in [3.8, 4) is 0 Å². The number of hydrogen-bond donors (Lipinski definition) is 0. The molecule has 3 aromatic heterocycles. The third-order valence-electron chi connectivity index (χ3n) is 2.22. The summed E-state index contributed by atoms with van der Waals surface area (Å²) in [7, 11) is 0. The van der Waals surface area contributed by atoms with Gasteiger partial charge in [-0.15, -0.1) is 34.0 Å². The van der Waals surface area contributed by atoms with Crippen LogP contribution in [0.4, 0.5) is 0 Å². The average molecular weight is 373 g/mol. The van der Waals surface area contributed by atoms with Crippen LogP contribution >= 0.6 is 57.4 Å². The summed E-state index contributed by atoms with van der Waals surface area (Å²) in [4.78, 5) is 23.1. The minimum absolute atomic E-state index is 0.546. The zero-order valence-corrected chi connectivity index (χ0v) is 14.5. The predicted molar refractivity (Wildman–Crippen MR) is 92.9 cm³/mol. The summed E-state index contributed by atoms with van der Waals surface area (Å²) in [5, 5.41) is 6.31. The number of carbonyl (C=O) groups excluding carboxylic acids is 2. The van der Waals surface area contributed by atoms with E-state index in [4.69, 9.17) is 11.6 Å². The van der Waals surface area contributed by atoms with E-state index in [-0.39, 0.29) is 0 Å². The van der Waals surface area contributed by atoms with Gasteiger partial charge in [0.2, 0.25) is 0 Å². The smallest absolute Gasteiger partial charge is 0.161 e. The van der Waals surface area contributed by atoms with Crippen LogP contribution in [-0.2, 0) is 0 Å². The molecule has 0 saturated carbocycles. The summed E-state index contributed by atoms with van der Waals surface area (Å²) in [6, 6.07) is 7.76. The molecule has 0 radical (unpaired) electrons. The lowest BCUT2D eigenvalue weighted by Crippen LogP contribution is -1.73. The third-order valence-corrected chi connectivity index (χ3v) is 6.59. The molecule has 2 nitrogen and oxygen atoms in total. The maximum atomic E-state index is 10.6. The molecule has 0 aliphatic rings. The number of carbonyl (C=O) groups is 2. The van der Waals surface area contributed by atoms with Gasteiger partial charge in [-0.2, -0.15) is 0 Å². The Hall–Kier alpha value is -0.920. The van der Waals surface area contributed by atoms with Crippen molar-refractivity contribution >= 4 is 69.9 Å². The molecule has 21 heavy (non-hydrogen) atoms. The highest BCUT2D eigenvalue weighted by Crippen LogP contribution is 2.34. The van der Waals surface area contributed by atoms with Gasteiger partial charge in [-0.05, 0) is 34.3 Å². The Morgan fingerprint density at radius 2 is 1.62 bits per heavy atom. The van der Waals surface area contributed by atoms with Gasteiger partial charge in [-0.25, -0.2) is 0 Å². The molecule has 0 aliphatic carbocycles. The van der Waals surface area contributed by atoms with Crippen molar-refractivity contribution in [3.05, 3.63) is 55.2 Å². The number of hydrogen-bond acceptors (Lipinski definition) is 6. The molecule has 0 aromatic carbocycles. The largest absolute Gasteiger partial charge is 0.297 e. The second kappa shape index (κ2) is 8.51. The zero-order chi connectivity index (χ0) is 15.1. The highest BCUT2D eigenvalue weighted by Gasteiger charge is 2.05. The van der Waals surface area contributed by atoms with Gasteiger partial charge in [0, 0.05) is 4.90 Å². The molecule has 0 N–H and O–H groups in total. The second-order valence-electron chi connectivity index (χ2n) is 3.55. The first-order valence-electron chi connectivity index (χ1n) is 5.66. The summed E-state index contributed by atoms with van der Waals surface area (Å²) in [5.74, 6) is 0. The van der Waals surface area contributed by atoms with Crippen LogP contribution < -0.4 is 0 Å². The van der Waals surface area contributed by atoms with Gasteiger partial charge >= 0.3 is 0 Å². The Labute approximate surface area is 143 Å². The second-order valence-corrected chi connectivity index (χ2v) is 8.14. The van der Waals surface area contributed by atoms with Crippen molar-refractivity contribution in [1.82, 2.24) is 0 Å². The Kier molecular flexibility index (Phi) is 6.66. The van der Waals surface area contributed by atoms with Crippen molar-refractivity contribution < 1.29 is 9.59 Å². The fourth-order valence-electron chi connectivity index (χ4n) is 1.30. The highest BCUT2D eigenvalue weighted by molar-refractivity contribution is 8.01. The van der Waals surface area contributed by atoms with Gasteiger partial charge in [0.1, 0.15) is 0 Å². The summed E-state index contributed by atoms with van der Waals surface area (Å²) in [6.45, 7) is 0. The van der Waals surface area contributed by atoms with E-state index in [0.717, 1.165) is 22.3 Å². The van der Waals surface area contributed by atoms with Crippen LogP contribution in [0, 0.1) is 0 Å². The molecule has 3 rings (SSSR count). The normalized spacial score (nSPS) is 9.76. The first-order valence-corrected chi connectivity index (χ1v) is 9.50. The molecule has 0 unspecified atom stereocenters. The SMILES string of the molecule is O=Cc1sccc1Cl.O=Cc1sccc1Sc1cccs1. The van der Waals surface area contributed by atoms with Crippen LogP contribution in [0.3, 0.4) is 0 Å². The van der Waals surface area contributed by atoms with Gasteiger partial charge < -0.3 is 0 Å². The van der Waals surface area contributed by atoms with Crippen LogP contribution in [0.5, 0.6) is 0 Å². The number of aldehydes is 2. The summed E-state index contributed by atoms with van der Waals surface area (Å²) in [5.41, 5.74) is 0. The van der Waals surface area contributed by atoms with Crippen LogP contribution in [0.15, 0.2) is 49.5 Å². The van der Waals surface area contributed by atoms with Crippen molar-refractivity contribution in [3.63, 3.8) is 0 Å². The van der Waals surface area contributed by atoms with Crippen LogP contribution in [0.2, 0.25) is 5.02 Å². The Morgan fingerprint density at radius 1 is 0.905 bits per heavy atom. The Bertz CT molecular complexity index is 700. The maximum Gasteiger partial charge on any atom is 0.161 e. The molecule has 0 spiro atoms. The molecule has 0 bridgehead atoms. The van der Waals surface area contributed by atoms with E-state index in [1.807, 2.05) is 22.9 Å². The highest BCUT2D eigenvalue weighted by atomic mass is 35.5. The van der Waals surface area contributed by atoms with E-state index < -0.39 is 0 Å². The van der Waals surface area contributed by atoms with Crippen LogP contribution in [-0.4, -0.2) is 12.6 Å². The molecule has 0 amide bonds. The van der Waals surface area contributed by atoms with Gasteiger partial charge in [0.25, 0.3) is 0 Å². The molecule has 0 fully saturated rings. The zero-order valence-electron chi connectivity index (χ0n) is 10.5. The van der Waals surface area contributed by atoms with Crippen molar-refractivity contribution in [2.24, 2.45) is 0 Å². The molecule has 108 valence electrons. The van der Waals surface area contributed by atoms with Crippen molar-refractivity contribution in [2.45, 2.75) is 9.10 Å². The molecular formula is C14H9ClO2S4. The Balaban J connectivity index is 0.000000173. The standard InChI is InChI=1S/C9H6OS3.C5H3ClOS/c10-6-8-7(3-5-11-8)13-9-2-1-4-12-9;6-4-1-2-8-5(4)3-7/h1-6H;1-3H. The van der Waals surface area contributed by atoms with E-state index >= 15 is 0 Å². The van der Waals surface area contributed by atoms with E-state index in [0.29, 0.717) is 9.90 Å². The monoisotopic (exact) mass is 372 g/mol. The van der Waals surface area contributed by atoms with Gasteiger partial charge in [0.15, 0.2) is 12.6 Å². The minimum atomic E-state index is 0.546. The first-order chi connectivity index (χ1) is 10.2.